The molecule has 7 heteroatoms. The van der Waals surface area contributed by atoms with Gasteiger partial charge in [-0.15, -0.1) is 0 Å². The van der Waals surface area contributed by atoms with E-state index in [1.54, 1.807) is 14.1 Å². The highest BCUT2D eigenvalue weighted by Gasteiger charge is 2.17. The quantitative estimate of drug-likeness (QED) is 0.567. The van der Waals surface area contributed by atoms with Crippen molar-refractivity contribution in [1.82, 2.24) is 9.88 Å². The number of carbonyl (C=O) groups is 1. The van der Waals surface area contributed by atoms with E-state index in [0.717, 1.165) is 12.3 Å². The van der Waals surface area contributed by atoms with Gasteiger partial charge in [0.05, 0.1) is 9.95 Å². The minimum absolute atomic E-state index is 0.00673. The fourth-order valence-electron chi connectivity index (χ4n) is 0.897. The molecule has 1 aromatic heterocycles. The summed E-state index contributed by atoms with van der Waals surface area (Å²) >= 11 is 5.70. The number of nitro groups is 1. The summed E-state index contributed by atoms with van der Waals surface area (Å²) < 4.78 is 0. The second-order valence-corrected chi connectivity index (χ2v) is 3.39. The van der Waals surface area contributed by atoms with Gasteiger partial charge < -0.3 is 4.90 Å². The van der Waals surface area contributed by atoms with Crippen LogP contribution in [-0.2, 0) is 0 Å². The van der Waals surface area contributed by atoms with Crippen LogP contribution < -0.4 is 0 Å². The Hall–Kier alpha value is -1.69. The summed E-state index contributed by atoms with van der Waals surface area (Å²) in [6.07, 6.45) is 1.00. The average Bonchev–Trinajstić information content (AvgIpc) is 2.16. The zero-order valence-electron chi connectivity index (χ0n) is 8.10. The number of aromatic nitrogens is 1. The zero-order valence-corrected chi connectivity index (χ0v) is 8.85. The predicted molar refractivity (Wildman–Crippen MR) is 53.9 cm³/mol. The maximum absolute atomic E-state index is 11.5. The molecule has 1 heterocycles. The Kier molecular flexibility index (Phi) is 3.21. The second-order valence-electron chi connectivity index (χ2n) is 2.98. The molecule has 0 radical (unpaired) electrons. The van der Waals surface area contributed by atoms with Crippen molar-refractivity contribution in [3.05, 3.63) is 33.1 Å². The van der Waals surface area contributed by atoms with Gasteiger partial charge in [0.15, 0.2) is 0 Å². The highest BCUT2D eigenvalue weighted by molar-refractivity contribution is 6.33. The van der Waals surface area contributed by atoms with E-state index in [1.807, 2.05) is 0 Å². The summed E-state index contributed by atoms with van der Waals surface area (Å²) in [5.41, 5.74) is -0.234. The third-order valence-electron chi connectivity index (χ3n) is 1.65. The standard InChI is InChI=1S/C8H8ClN3O3/c1-11(2)8(13)7-6(9)3-5(4-10-7)12(14)15/h3-4H,1-2H3. The first-order chi connectivity index (χ1) is 6.93. The Morgan fingerprint density at radius 1 is 1.60 bits per heavy atom. The lowest BCUT2D eigenvalue weighted by Crippen LogP contribution is -2.23. The zero-order chi connectivity index (χ0) is 11.6. The molecule has 0 fully saturated rings. The Morgan fingerprint density at radius 2 is 2.20 bits per heavy atom. The van der Waals surface area contributed by atoms with Crippen LogP contribution in [0, 0.1) is 10.1 Å². The Morgan fingerprint density at radius 3 is 2.60 bits per heavy atom. The SMILES string of the molecule is CN(C)C(=O)c1ncc([N+](=O)[O-])cc1Cl. The molecule has 0 atom stereocenters. The Bertz CT molecular complexity index is 420. The number of pyridine rings is 1. The average molecular weight is 230 g/mol. The molecule has 0 spiro atoms. The fraction of sp³-hybridized carbons (Fsp3) is 0.250. The molecular weight excluding hydrogens is 222 g/mol. The van der Waals surface area contributed by atoms with Crippen LogP contribution in [0.4, 0.5) is 5.69 Å². The molecule has 0 saturated carbocycles. The first-order valence-electron chi connectivity index (χ1n) is 3.95. The Labute approximate surface area is 90.6 Å². The van der Waals surface area contributed by atoms with E-state index < -0.39 is 10.8 Å². The molecule has 0 unspecified atom stereocenters. The largest absolute Gasteiger partial charge is 0.343 e. The summed E-state index contributed by atoms with van der Waals surface area (Å²) in [5.74, 6) is -0.394. The maximum atomic E-state index is 11.5. The molecule has 1 aromatic rings. The third kappa shape index (κ3) is 2.41. The van der Waals surface area contributed by atoms with Crippen molar-refractivity contribution in [3.8, 4) is 0 Å². The van der Waals surface area contributed by atoms with Crippen LogP contribution in [-0.4, -0.2) is 34.8 Å². The number of nitrogens with zero attached hydrogens (tertiary/aromatic N) is 3. The van der Waals surface area contributed by atoms with Crippen molar-refractivity contribution < 1.29 is 9.72 Å². The van der Waals surface area contributed by atoms with E-state index >= 15 is 0 Å². The van der Waals surface area contributed by atoms with Crippen LogP contribution in [0.1, 0.15) is 10.5 Å². The number of carbonyl (C=O) groups excluding carboxylic acids is 1. The fourth-order valence-corrected chi connectivity index (χ4v) is 1.14. The molecule has 1 rings (SSSR count). The van der Waals surface area contributed by atoms with Gasteiger partial charge in [0.2, 0.25) is 0 Å². The van der Waals surface area contributed by atoms with Crippen molar-refractivity contribution >= 4 is 23.2 Å². The molecule has 0 N–H and O–H groups in total. The van der Waals surface area contributed by atoms with Gasteiger partial charge in [-0.25, -0.2) is 4.98 Å². The Balaban J connectivity index is 3.14. The van der Waals surface area contributed by atoms with E-state index in [0.29, 0.717) is 0 Å². The number of hydrogen-bond donors (Lipinski definition) is 0. The van der Waals surface area contributed by atoms with Crippen LogP contribution in [0.15, 0.2) is 12.3 Å². The highest BCUT2D eigenvalue weighted by atomic mass is 35.5. The summed E-state index contributed by atoms with van der Waals surface area (Å²) in [5, 5.41) is 10.4. The number of hydrogen-bond acceptors (Lipinski definition) is 4. The van der Waals surface area contributed by atoms with E-state index in [1.165, 1.54) is 4.90 Å². The number of rotatable bonds is 2. The minimum atomic E-state index is -0.622. The van der Waals surface area contributed by atoms with Crippen LogP contribution >= 0.6 is 11.6 Å². The molecule has 0 saturated heterocycles. The molecule has 1 amide bonds. The minimum Gasteiger partial charge on any atom is -0.343 e. The van der Waals surface area contributed by atoms with Gasteiger partial charge >= 0.3 is 0 Å². The van der Waals surface area contributed by atoms with Crippen molar-refractivity contribution in [2.45, 2.75) is 0 Å². The summed E-state index contributed by atoms with van der Waals surface area (Å²) in [4.78, 5) is 26.2. The number of halogens is 1. The van der Waals surface area contributed by atoms with Gasteiger partial charge in [0.1, 0.15) is 11.9 Å². The van der Waals surface area contributed by atoms with Crippen molar-refractivity contribution in [2.75, 3.05) is 14.1 Å². The molecule has 0 bridgehead atoms. The van der Waals surface area contributed by atoms with E-state index in [9.17, 15) is 14.9 Å². The molecule has 15 heavy (non-hydrogen) atoms. The van der Waals surface area contributed by atoms with E-state index in [2.05, 4.69) is 4.98 Å². The van der Waals surface area contributed by atoms with Crippen LogP contribution in [0.5, 0.6) is 0 Å². The summed E-state index contributed by atoms with van der Waals surface area (Å²) in [7, 11) is 3.09. The smallest absolute Gasteiger partial charge is 0.289 e. The number of amides is 1. The van der Waals surface area contributed by atoms with Crippen LogP contribution in [0.25, 0.3) is 0 Å². The molecule has 0 aromatic carbocycles. The lowest BCUT2D eigenvalue weighted by molar-refractivity contribution is -0.385. The van der Waals surface area contributed by atoms with Crippen LogP contribution in [0.3, 0.4) is 0 Å². The van der Waals surface area contributed by atoms with Crippen LogP contribution in [0.2, 0.25) is 5.02 Å². The lowest BCUT2D eigenvalue weighted by atomic mass is 10.3. The molecule has 0 aliphatic heterocycles. The lowest BCUT2D eigenvalue weighted by Gasteiger charge is -2.09. The van der Waals surface area contributed by atoms with Crippen molar-refractivity contribution in [3.63, 3.8) is 0 Å². The van der Waals surface area contributed by atoms with Gasteiger partial charge in [-0.2, -0.15) is 0 Å². The van der Waals surface area contributed by atoms with Crippen molar-refractivity contribution in [1.29, 1.82) is 0 Å². The molecule has 0 aliphatic carbocycles. The molecule has 6 nitrogen and oxygen atoms in total. The monoisotopic (exact) mass is 229 g/mol. The van der Waals surface area contributed by atoms with E-state index in [4.69, 9.17) is 11.6 Å². The highest BCUT2D eigenvalue weighted by Crippen LogP contribution is 2.20. The molecule has 0 aliphatic rings. The third-order valence-corrected chi connectivity index (χ3v) is 1.93. The summed E-state index contributed by atoms with van der Waals surface area (Å²) in [6, 6.07) is 1.10. The first-order valence-corrected chi connectivity index (χ1v) is 4.33. The topological polar surface area (TPSA) is 76.3 Å². The van der Waals surface area contributed by atoms with Gasteiger partial charge in [0.25, 0.3) is 11.6 Å². The van der Waals surface area contributed by atoms with Crippen molar-refractivity contribution in [2.24, 2.45) is 0 Å². The first kappa shape index (κ1) is 11.4. The van der Waals surface area contributed by atoms with Gasteiger partial charge in [-0.1, -0.05) is 11.6 Å². The maximum Gasteiger partial charge on any atom is 0.289 e. The molecular formula is C8H8ClN3O3. The van der Waals surface area contributed by atoms with Gasteiger partial charge in [-0.3, -0.25) is 14.9 Å². The second kappa shape index (κ2) is 4.22. The molecule has 80 valence electrons. The van der Waals surface area contributed by atoms with E-state index in [-0.39, 0.29) is 16.4 Å². The van der Waals surface area contributed by atoms with Gasteiger partial charge in [0, 0.05) is 20.2 Å². The summed E-state index contributed by atoms with van der Waals surface area (Å²) in [6.45, 7) is 0. The van der Waals surface area contributed by atoms with Gasteiger partial charge in [-0.05, 0) is 0 Å². The normalized spacial score (nSPS) is 9.80. The predicted octanol–water partition coefficient (Wildman–Crippen LogP) is 1.34.